The van der Waals surface area contributed by atoms with Crippen molar-refractivity contribution in [2.75, 3.05) is 0 Å². The summed E-state index contributed by atoms with van der Waals surface area (Å²) in [5.74, 6) is -0.464. The molecule has 0 N–H and O–H groups in total. The molecule has 0 aliphatic carbocycles. The first kappa shape index (κ1) is 14.6. The number of carbonyl (C=O) groups is 2. The Morgan fingerprint density at radius 3 is 2.35 bits per heavy atom. The van der Waals surface area contributed by atoms with Crippen molar-refractivity contribution < 1.29 is 14.3 Å². The predicted molar refractivity (Wildman–Crippen MR) is 77.4 cm³/mol. The molecule has 0 radical (unpaired) electrons. The summed E-state index contributed by atoms with van der Waals surface area (Å²) in [4.78, 5) is 22.3. The van der Waals surface area contributed by atoms with Gasteiger partial charge in [0.05, 0.1) is 15.6 Å². The highest BCUT2D eigenvalue weighted by atomic mass is 35.5. The van der Waals surface area contributed by atoms with Crippen molar-refractivity contribution in [3.8, 4) is 0 Å². The van der Waals surface area contributed by atoms with Crippen molar-refractivity contribution in [3.63, 3.8) is 0 Å². The molecule has 0 bridgehead atoms. The zero-order valence-corrected chi connectivity index (χ0v) is 11.8. The highest BCUT2D eigenvalue weighted by molar-refractivity contribution is 6.42. The first-order valence-electron chi connectivity index (χ1n) is 5.76. The average Bonchev–Trinajstić information content (AvgIpc) is 2.48. The van der Waals surface area contributed by atoms with E-state index in [4.69, 9.17) is 27.9 Å². The summed E-state index contributed by atoms with van der Waals surface area (Å²) >= 11 is 11.7. The van der Waals surface area contributed by atoms with Crippen LogP contribution in [0.25, 0.3) is 0 Å². The molecule has 0 saturated heterocycles. The van der Waals surface area contributed by atoms with Gasteiger partial charge < -0.3 is 4.74 Å². The highest BCUT2D eigenvalue weighted by Crippen LogP contribution is 2.23. The Hall–Kier alpha value is -1.84. The predicted octanol–water partition coefficient (Wildman–Crippen LogP) is 4.16. The zero-order chi connectivity index (χ0) is 14.5. The van der Waals surface area contributed by atoms with E-state index in [1.54, 1.807) is 42.5 Å². The summed E-state index contributed by atoms with van der Waals surface area (Å²) in [5, 5.41) is 0.863. The van der Waals surface area contributed by atoms with Gasteiger partial charge in [0, 0.05) is 5.56 Å². The third-order valence-corrected chi connectivity index (χ3v) is 3.38. The van der Waals surface area contributed by atoms with Crippen LogP contribution in [0.5, 0.6) is 0 Å². The fourth-order valence-corrected chi connectivity index (χ4v) is 1.88. The molecule has 0 fully saturated rings. The third-order valence-electron chi connectivity index (χ3n) is 2.64. The van der Waals surface area contributed by atoms with E-state index in [0.29, 0.717) is 27.5 Å². The van der Waals surface area contributed by atoms with E-state index < -0.39 is 5.97 Å². The quantitative estimate of drug-likeness (QED) is 0.629. The molecule has 0 spiro atoms. The SMILES string of the molecule is O=Cc1ccc(C(=O)OCc2ccc(Cl)c(Cl)c2)cc1. The van der Waals surface area contributed by atoms with Gasteiger partial charge in [-0.15, -0.1) is 0 Å². The smallest absolute Gasteiger partial charge is 0.338 e. The standard InChI is InChI=1S/C15H10Cl2O3/c16-13-6-3-11(7-14(13)17)9-20-15(19)12-4-1-10(8-18)2-5-12/h1-8H,9H2. The number of carbonyl (C=O) groups excluding carboxylic acids is 2. The molecule has 20 heavy (non-hydrogen) atoms. The van der Waals surface area contributed by atoms with Gasteiger partial charge in [-0.05, 0) is 29.8 Å². The maximum Gasteiger partial charge on any atom is 0.338 e. The molecule has 0 saturated carbocycles. The van der Waals surface area contributed by atoms with Crippen LogP contribution in [0, 0.1) is 0 Å². The van der Waals surface area contributed by atoms with Crippen LogP contribution in [0.2, 0.25) is 10.0 Å². The Morgan fingerprint density at radius 1 is 1.05 bits per heavy atom. The summed E-state index contributed by atoms with van der Waals surface area (Å²) in [5.41, 5.74) is 1.64. The van der Waals surface area contributed by atoms with Crippen molar-refractivity contribution in [3.05, 3.63) is 69.2 Å². The van der Waals surface area contributed by atoms with E-state index in [1.165, 1.54) is 0 Å². The average molecular weight is 309 g/mol. The van der Waals surface area contributed by atoms with Crippen LogP contribution in [0.4, 0.5) is 0 Å². The molecule has 0 heterocycles. The van der Waals surface area contributed by atoms with Crippen LogP contribution in [0.15, 0.2) is 42.5 Å². The maximum absolute atomic E-state index is 11.8. The number of benzene rings is 2. The van der Waals surface area contributed by atoms with Crippen molar-refractivity contribution in [2.24, 2.45) is 0 Å². The Balaban J connectivity index is 2.00. The van der Waals surface area contributed by atoms with Gasteiger partial charge in [-0.2, -0.15) is 0 Å². The molecule has 3 nitrogen and oxygen atoms in total. The second-order valence-electron chi connectivity index (χ2n) is 4.06. The van der Waals surface area contributed by atoms with Gasteiger partial charge in [-0.3, -0.25) is 4.79 Å². The number of rotatable bonds is 4. The second-order valence-corrected chi connectivity index (χ2v) is 4.88. The van der Waals surface area contributed by atoms with Crippen molar-refractivity contribution in [2.45, 2.75) is 6.61 Å². The Bertz CT molecular complexity index is 636. The lowest BCUT2D eigenvalue weighted by molar-refractivity contribution is 0.0472. The van der Waals surface area contributed by atoms with Crippen LogP contribution in [-0.2, 0) is 11.3 Å². The number of ether oxygens (including phenoxy) is 1. The van der Waals surface area contributed by atoms with Crippen LogP contribution in [0.1, 0.15) is 26.3 Å². The minimum Gasteiger partial charge on any atom is -0.457 e. The number of aldehydes is 1. The molecule has 102 valence electrons. The van der Waals surface area contributed by atoms with Crippen LogP contribution in [-0.4, -0.2) is 12.3 Å². The maximum atomic E-state index is 11.8. The Kier molecular flexibility index (Phi) is 4.77. The van der Waals surface area contributed by atoms with Crippen molar-refractivity contribution >= 4 is 35.5 Å². The fourth-order valence-electron chi connectivity index (χ4n) is 1.56. The molecular weight excluding hydrogens is 299 g/mol. The third kappa shape index (κ3) is 3.59. The highest BCUT2D eigenvalue weighted by Gasteiger charge is 2.08. The molecule has 5 heteroatoms. The lowest BCUT2D eigenvalue weighted by atomic mass is 10.1. The molecule has 0 unspecified atom stereocenters. The van der Waals surface area contributed by atoms with Gasteiger partial charge in [0.15, 0.2) is 0 Å². The van der Waals surface area contributed by atoms with Gasteiger partial charge in [-0.25, -0.2) is 4.79 Å². The van der Waals surface area contributed by atoms with Crippen LogP contribution < -0.4 is 0 Å². The number of halogens is 2. The molecular formula is C15H10Cl2O3. The van der Waals surface area contributed by atoms with E-state index >= 15 is 0 Å². The summed E-state index contributed by atoms with van der Waals surface area (Å²) in [7, 11) is 0. The minimum absolute atomic E-state index is 0.102. The van der Waals surface area contributed by atoms with Gasteiger partial charge >= 0.3 is 5.97 Å². The van der Waals surface area contributed by atoms with Gasteiger partial charge in [-0.1, -0.05) is 41.4 Å². The van der Waals surface area contributed by atoms with Gasteiger partial charge in [0.25, 0.3) is 0 Å². The summed E-state index contributed by atoms with van der Waals surface area (Å²) in [6, 6.07) is 11.2. The summed E-state index contributed by atoms with van der Waals surface area (Å²) < 4.78 is 5.15. The van der Waals surface area contributed by atoms with Gasteiger partial charge in [0.1, 0.15) is 12.9 Å². The zero-order valence-electron chi connectivity index (χ0n) is 10.3. The molecule has 2 aromatic rings. The first-order valence-corrected chi connectivity index (χ1v) is 6.52. The number of esters is 1. The molecule has 0 aliphatic rings. The second kappa shape index (κ2) is 6.55. The normalized spacial score (nSPS) is 10.1. The van der Waals surface area contributed by atoms with Crippen molar-refractivity contribution in [1.29, 1.82) is 0 Å². The minimum atomic E-state index is -0.464. The van der Waals surface area contributed by atoms with Crippen LogP contribution >= 0.6 is 23.2 Å². The number of hydrogen-bond donors (Lipinski definition) is 0. The molecule has 0 amide bonds. The summed E-state index contributed by atoms with van der Waals surface area (Å²) in [6.45, 7) is 0.102. The Labute approximate surface area is 126 Å². The monoisotopic (exact) mass is 308 g/mol. The summed E-state index contributed by atoms with van der Waals surface area (Å²) in [6.07, 6.45) is 0.713. The van der Waals surface area contributed by atoms with E-state index in [9.17, 15) is 9.59 Å². The van der Waals surface area contributed by atoms with E-state index in [2.05, 4.69) is 0 Å². The topological polar surface area (TPSA) is 43.4 Å². The molecule has 2 rings (SSSR count). The molecule has 0 aliphatic heterocycles. The molecule has 0 atom stereocenters. The van der Waals surface area contributed by atoms with E-state index in [1.807, 2.05) is 0 Å². The lowest BCUT2D eigenvalue weighted by Crippen LogP contribution is -2.05. The Morgan fingerprint density at radius 2 is 1.75 bits per heavy atom. The van der Waals surface area contributed by atoms with E-state index in [-0.39, 0.29) is 6.61 Å². The molecule has 0 aromatic heterocycles. The number of hydrogen-bond acceptors (Lipinski definition) is 3. The fraction of sp³-hybridized carbons (Fsp3) is 0.0667. The van der Waals surface area contributed by atoms with Crippen LogP contribution in [0.3, 0.4) is 0 Å². The van der Waals surface area contributed by atoms with E-state index in [0.717, 1.165) is 5.56 Å². The molecule has 2 aromatic carbocycles. The first-order chi connectivity index (χ1) is 9.60. The largest absolute Gasteiger partial charge is 0.457 e. The lowest BCUT2D eigenvalue weighted by Gasteiger charge is -2.06. The van der Waals surface area contributed by atoms with Crippen molar-refractivity contribution in [1.82, 2.24) is 0 Å². The van der Waals surface area contributed by atoms with Gasteiger partial charge in [0.2, 0.25) is 0 Å².